The van der Waals surface area contributed by atoms with E-state index >= 15 is 0 Å². The number of ether oxygens (including phenoxy) is 2. The summed E-state index contributed by atoms with van der Waals surface area (Å²) >= 11 is 0. The molecule has 7 N–H and O–H groups in total. The van der Waals surface area contributed by atoms with Crippen LogP contribution in [0.3, 0.4) is 0 Å². The highest BCUT2D eigenvalue weighted by Gasteiger charge is 2.26. The molecule has 1 unspecified atom stereocenters. The quantitative estimate of drug-likeness (QED) is 0.280. The summed E-state index contributed by atoms with van der Waals surface area (Å²) in [6, 6.07) is -2.03. The average molecular weight is 373 g/mol. The van der Waals surface area contributed by atoms with Crippen LogP contribution >= 0.6 is 0 Å². The monoisotopic (exact) mass is 373 g/mol. The molecule has 11 nitrogen and oxygen atoms in total. The zero-order valence-corrected chi connectivity index (χ0v) is 15.1. The standard InChI is InChI=1S/C15H27N5O6/c1-8(2)4-11(16)15(24)25-7-10-5-18-19-20(10)6-12(21)26-9(3)13(17)14(22)23/h5,8-9,11,13,18-19H,4,6-7,16-17H2,1-3H3,(H,22,23)/t9-,11?,13+/m1/s1. The molecule has 0 saturated heterocycles. The van der Waals surface area contributed by atoms with E-state index in [1.807, 2.05) is 13.8 Å². The lowest BCUT2D eigenvalue weighted by molar-refractivity contribution is -0.154. The van der Waals surface area contributed by atoms with E-state index < -0.39 is 36.1 Å². The zero-order chi connectivity index (χ0) is 19.9. The SMILES string of the molecule is CC(C)CC(N)C(=O)OCC1=CNNN1CC(=O)O[C@H](C)[C@H](N)C(=O)O. The van der Waals surface area contributed by atoms with Gasteiger partial charge in [-0.2, -0.15) is 0 Å². The van der Waals surface area contributed by atoms with Crippen LogP contribution in [0.2, 0.25) is 0 Å². The zero-order valence-electron chi connectivity index (χ0n) is 15.1. The van der Waals surface area contributed by atoms with Crippen LogP contribution in [0.15, 0.2) is 11.9 Å². The van der Waals surface area contributed by atoms with Crippen molar-refractivity contribution < 1.29 is 29.0 Å². The molecule has 0 saturated carbocycles. The summed E-state index contributed by atoms with van der Waals surface area (Å²) in [5, 5.41) is 10.2. The fraction of sp³-hybridized carbons (Fsp3) is 0.667. The fourth-order valence-electron chi connectivity index (χ4n) is 2.11. The van der Waals surface area contributed by atoms with Gasteiger partial charge in [0.25, 0.3) is 0 Å². The van der Waals surface area contributed by atoms with Crippen LogP contribution in [0, 0.1) is 5.92 Å². The van der Waals surface area contributed by atoms with Crippen LogP contribution in [0.4, 0.5) is 0 Å². The molecule has 0 radical (unpaired) electrons. The maximum atomic E-state index is 11.9. The van der Waals surface area contributed by atoms with Gasteiger partial charge in [-0.05, 0) is 19.3 Å². The number of nitrogens with zero attached hydrogens (tertiary/aromatic N) is 1. The Morgan fingerprint density at radius 3 is 2.50 bits per heavy atom. The smallest absolute Gasteiger partial charge is 0.327 e. The topological polar surface area (TPSA) is 169 Å². The maximum absolute atomic E-state index is 11.9. The van der Waals surface area contributed by atoms with Gasteiger partial charge in [-0.3, -0.25) is 19.4 Å². The lowest BCUT2D eigenvalue weighted by atomic mass is 10.1. The van der Waals surface area contributed by atoms with Crippen molar-refractivity contribution in [2.45, 2.75) is 45.4 Å². The molecule has 3 atom stereocenters. The van der Waals surface area contributed by atoms with E-state index in [2.05, 4.69) is 11.0 Å². The van der Waals surface area contributed by atoms with E-state index in [-0.39, 0.29) is 19.1 Å². The van der Waals surface area contributed by atoms with Crippen LogP contribution in [-0.4, -0.2) is 59.4 Å². The number of hydrogen-bond acceptors (Lipinski definition) is 10. The highest BCUT2D eigenvalue weighted by Crippen LogP contribution is 2.09. The largest absolute Gasteiger partial charge is 0.480 e. The Morgan fingerprint density at radius 1 is 1.27 bits per heavy atom. The Kier molecular flexibility index (Phi) is 8.29. The van der Waals surface area contributed by atoms with Gasteiger partial charge < -0.3 is 31.5 Å². The summed E-state index contributed by atoms with van der Waals surface area (Å²) in [7, 11) is 0. The summed E-state index contributed by atoms with van der Waals surface area (Å²) < 4.78 is 10.1. The molecule has 1 aliphatic heterocycles. The van der Waals surface area contributed by atoms with E-state index in [1.165, 1.54) is 18.1 Å². The molecular weight excluding hydrogens is 346 g/mol. The van der Waals surface area contributed by atoms with Crippen LogP contribution in [-0.2, 0) is 23.9 Å². The molecule has 0 fully saturated rings. The normalized spacial score (nSPS) is 17.2. The molecule has 1 rings (SSSR count). The molecule has 0 bridgehead atoms. The summed E-state index contributed by atoms with van der Waals surface area (Å²) in [5.74, 6) is -2.23. The van der Waals surface area contributed by atoms with Crippen molar-refractivity contribution in [3.05, 3.63) is 11.9 Å². The van der Waals surface area contributed by atoms with Crippen molar-refractivity contribution in [1.82, 2.24) is 16.0 Å². The molecule has 0 aromatic heterocycles. The number of hydrazine groups is 2. The number of carbonyl (C=O) groups excluding carboxylic acids is 2. The van der Waals surface area contributed by atoms with E-state index in [9.17, 15) is 14.4 Å². The summed E-state index contributed by atoms with van der Waals surface area (Å²) in [6.07, 6.45) is 1.03. The second kappa shape index (κ2) is 9.94. The lowest BCUT2D eigenvalue weighted by Gasteiger charge is -2.23. The first-order valence-electron chi connectivity index (χ1n) is 8.19. The first-order chi connectivity index (χ1) is 12.1. The van der Waals surface area contributed by atoms with Crippen molar-refractivity contribution in [3.63, 3.8) is 0 Å². The molecule has 0 aromatic rings. The minimum atomic E-state index is -1.32. The molecule has 0 aromatic carbocycles. The van der Waals surface area contributed by atoms with Crippen molar-refractivity contribution in [3.8, 4) is 0 Å². The molecule has 1 aliphatic rings. The van der Waals surface area contributed by atoms with Crippen LogP contribution in [0.25, 0.3) is 0 Å². The second-order valence-electron chi connectivity index (χ2n) is 6.38. The van der Waals surface area contributed by atoms with Crippen molar-refractivity contribution in [1.29, 1.82) is 0 Å². The average Bonchev–Trinajstić information content (AvgIpc) is 2.97. The Labute approximate surface area is 151 Å². The summed E-state index contributed by atoms with van der Waals surface area (Å²) in [6.45, 7) is 4.95. The molecule has 0 amide bonds. The number of esters is 2. The van der Waals surface area contributed by atoms with Gasteiger partial charge in [-0.15, -0.1) is 5.53 Å². The van der Waals surface area contributed by atoms with Crippen LogP contribution in [0.1, 0.15) is 27.2 Å². The molecular formula is C15H27N5O6. The second-order valence-corrected chi connectivity index (χ2v) is 6.38. The Bertz CT molecular complexity index is 553. The number of carbonyl (C=O) groups is 3. The highest BCUT2D eigenvalue weighted by molar-refractivity contribution is 5.76. The van der Waals surface area contributed by atoms with E-state index in [1.54, 1.807) is 0 Å². The van der Waals surface area contributed by atoms with E-state index in [0.717, 1.165) is 0 Å². The predicted octanol–water partition coefficient (Wildman–Crippen LogP) is -1.59. The van der Waals surface area contributed by atoms with Gasteiger partial charge in [0.2, 0.25) is 0 Å². The van der Waals surface area contributed by atoms with Crippen LogP contribution < -0.4 is 22.4 Å². The van der Waals surface area contributed by atoms with Gasteiger partial charge in [0.05, 0.1) is 5.70 Å². The Morgan fingerprint density at radius 2 is 1.92 bits per heavy atom. The molecule has 1 heterocycles. The van der Waals surface area contributed by atoms with Gasteiger partial charge >= 0.3 is 17.9 Å². The van der Waals surface area contributed by atoms with Gasteiger partial charge in [-0.25, -0.2) is 0 Å². The fourth-order valence-corrected chi connectivity index (χ4v) is 2.11. The third-order valence-corrected chi connectivity index (χ3v) is 3.57. The maximum Gasteiger partial charge on any atom is 0.327 e. The number of rotatable bonds is 10. The van der Waals surface area contributed by atoms with Crippen LogP contribution in [0.5, 0.6) is 0 Å². The number of hydrogen-bond donors (Lipinski definition) is 5. The van der Waals surface area contributed by atoms with Crippen molar-refractivity contribution >= 4 is 17.9 Å². The van der Waals surface area contributed by atoms with Crippen molar-refractivity contribution in [2.75, 3.05) is 13.2 Å². The lowest BCUT2D eigenvalue weighted by Crippen LogP contribution is -2.46. The molecule has 148 valence electrons. The number of aliphatic carboxylic acids is 1. The van der Waals surface area contributed by atoms with E-state index in [4.69, 9.17) is 26.0 Å². The number of nitrogens with two attached hydrogens (primary N) is 2. The number of carboxylic acid groups (broad SMARTS) is 1. The van der Waals surface area contributed by atoms with Gasteiger partial charge in [-0.1, -0.05) is 13.8 Å². The van der Waals surface area contributed by atoms with Gasteiger partial charge in [0, 0.05) is 6.20 Å². The first kappa shape index (κ1) is 21.7. The first-order valence-corrected chi connectivity index (χ1v) is 8.19. The molecule has 26 heavy (non-hydrogen) atoms. The summed E-state index contributed by atoms with van der Waals surface area (Å²) in [5.41, 5.74) is 17.0. The molecule has 11 heteroatoms. The van der Waals surface area contributed by atoms with Gasteiger partial charge in [0.1, 0.15) is 31.3 Å². The van der Waals surface area contributed by atoms with Crippen molar-refractivity contribution in [2.24, 2.45) is 17.4 Å². The Balaban J connectivity index is 2.46. The Hall–Kier alpha value is -2.37. The minimum Gasteiger partial charge on any atom is -0.480 e. The third-order valence-electron chi connectivity index (χ3n) is 3.57. The minimum absolute atomic E-state index is 0.0951. The highest BCUT2D eigenvalue weighted by atomic mass is 16.5. The number of nitrogens with one attached hydrogen (secondary N) is 2. The third kappa shape index (κ3) is 6.86. The predicted molar refractivity (Wildman–Crippen MR) is 90.6 cm³/mol. The molecule has 0 spiro atoms. The number of carboxylic acids is 1. The molecule has 0 aliphatic carbocycles. The summed E-state index contributed by atoms with van der Waals surface area (Å²) in [4.78, 5) is 34.5. The van der Waals surface area contributed by atoms with Gasteiger partial charge in [0.15, 0.2) is 0 Å². The van der Waals surface area contributed by atoms with E-state index in [0.29, 0.717) is 12.1 Å².